The van der Waals surface area contributed by atoms with Gasteiger partial charge in [-0.3, -0.25) is 14.5 Å². The SMILES string of the molecule is Cc1nnc(N2C(=O)c3oc4ccc(Cl)cc4c(=O)c3[C@@H]2c2cccc(F)c2)s1. The normalized spacial score (nSPS) is 15.9. The largest absolute Gasteiger partial charge is 0.450 e. The van der Waals surface area contributed by atoms with Gasteiger partial charge in [0.25, 0.3) is 5.91 Å². The molecule has 0 aliphatic carbocycles. The molecule has 0 unspecified atom stereocenters. The van der Waals surface area contributed by atoms with Crippen molar-refractivity contribution in [3.05, 3.63) is 85.4 Å². The number of hydrogen-bond donors (Lipinski definition) is 0. The third-order valence-corrected chi connectivity index (χ3v) is 5.79. The Hall–Kier alpha value is -3.10. The molecular weight excluding hydrogens is 417 g/mol. The highest BCUT2D eigenvalue weighted by atomic mass is 35.5. The van der Waals surface area contributed by atoms with Gasteiger partial charge in [-0.1, -0.05) is 35.1 Å². The number of aromatic nitrogens is 2. The highest BCUT2D eigenvalue weighted by Crippen LogP contribution is 2.42. The van der Waals surface area contributed by atoms with Crippen LogP contribution in [0, 0.1) is 12.7 Å². The van der Waals surface area contributed by atoms with Crippen LogP contribution in [0.25, 0.3) is 11.0 Å². The van der Waals surface area contributed by atoms with Gasteiger partial charge in [0.2, 0.25) is 10.9 Å². The monoisotopic (exact) mass is 427 g/mol. The second-order valence-electron chi connectivity index (χ2n) is 6.55. The van der Waals surface area contributed by atoms with Crippen LogP contribution >= 0.6 is 22.9 Å². The molecule has 5 rings (SSSR count). The predicted molar refractivity (Wildman–Crippen MR) is 107 cm³/mol. The molecular formula is C20H11ClFN3O3S. The molecule has 6 nitrogen and oxygen atoms in total. The summed E-state index contributed by atoms with van der Waals surface area (Å²) < 4.78 is 19.8. The lowest BCUT2D eigenvalue weighted by molar-refractivity contribution is 0.0970. The van der Waals surface area contributed by atoms with Gasteiger partial charge in [-0.25, -0.2) is 4.39 Å². The summed E-state index contributed by atoms with van der Waals surface area (Å²) in [5, 5.41) is 9.60. The maximum absolute atomic E-state index is 14.0. The first-order chi connectivity index (χ1) is 13.9. The summed E-state index contributed by atoms with van der Waals surface area (Å²) in [5.41, 5.74) is 0.414. The number of anilines is 1. The number of aryl methyl sites for hydroxylation is 1. The van der Waals surface area contributed by atoms with Crippen LogP contribution in [0.15, 0.2) is 51.7 Å². The zero-order chi connectivity index (χ0) is 20.3. The summed E-state index contributed by atoms with van der Waals surface area (Å²) in [6.07, 6.45) is 0. The number of rotatable bonds is 2. The Morgan fingerprint density at radius 2 is 2.00 bits per heavy atom. The van der Waals surface area contributed by atoms with Crippen molar-refractivity contribution in [3.63, 3.8) is 0 Å². The third-order valence-electron chi connectivity index (χ3n) is 4.72. The van der Waals surface area contributed by atoms with Gasteiger partial charge in [0, 0.05) is 5.02 Å². The Morgan fingerprint density at radius 1 is 1.17 bits per heavy atom. The van der Waals surface area contributed by atoms with Crippen LogP contribution in [0.5, 0.6) is 0 Å². The van der Waals surface area contributed by atoms with Gasteiger partial charge < -0.3 is 4.42 Å². The van der Waals surface area contributed by atoms with Gasteiger partial charge in [0.15, 0.2) is 5.43 Å². The summed E-state index contributed by atoms with van der Waals surface area (Å²) in [6.45, 7) is 1.76. The van der Waals surface area contributed by atoms with Crippen LogP contribution in [-0.2, 0) is 0 Å². The lowest BCUT2D eigenvalue weighted by Crippen LogP contribution is -2.29. The molecule has 1 amide bonds. The van der Waals surface area contributed by atoms with Gasteiger partial charge in [-0.05, 0) is 42.8 Å². The molecule has 29 heavy (non-hydrogen) atoms. The molecule has 1 aliphatic rings. The van der Waals surface area contributed by atoms with E-state index in [0.717, 1.165) is 0 Å². The van der Waals surface area contributed by atoms with E-state index in [-0.39, 0.29) is 22.3 Å². The van der Waals surface area contributed by atoms with Crippen LogP contribution < -0.4 is 10.3 Å². The average molecular weight is 428 g/mol. The molecule has 4 aromatic rings. The van der Waals surface area contributed by atoms with E-state index in [9.17, 15) is 14.0 Å². The number of hydrogen-bond acceptors (Lipinski definition) is 6. The van der Waals surface area contributed by atoms with E-state index in [0.29, 0.717) is 20.7 Å². The summed E-state index contributed by atoms with van der Waals surface area (Å²) >= 11 is 7.25. The maximum Gasteiger partial charge on any atom is 0.297 e. The fourth-order valence-electron chi connectivity index (χ4n) is 3.52. The molecule has 2 aromatic heterocycles. The zero-order valence-electron chi connectivity index (χ0n) is 14.8. The van der Waals surface area contributed by atoms with Gasteiger partial charge >= 0.3 is 0 Å². The Morgan fingerprint density at radius 3 is 2.72 bits per heavy atom. The zero-order valence-corrected chi connectivity index (χ0v) is 16.4. The van der Waals surface area contributed by atoms with Crippen molar-refractivity contribution in [3.8, 4) is 0 Å². The van der Waals surface area contributed by atoms with Crippen molar-refractivity contribution in [2.75, 3.05) is 4.90 Å². The van der Waals surface area contributed by atoms with Gasteiger partial charge in [-0.2, -0.15) is 0 Å². The van der Waals surface area contributed by atoms with E-state index in [1.807, 2.05) is 0 Å². The highest BCUT2D eigenvalue weighted by Gasteiger charge is 2.45. The minimum atomic E-state index is -0.889. The number of benzene rings is 2. The molecule has 1 aliphatic heterocycles. The molecule has 0 fully saturated rings. The molecule has 0 bridgehead atoms. The smallest absolute Gasteiger partial charge is 0.297 e. The molecule has 2 aromatic carbocycles. The number of nitrogens with zero attached hydrogens (tertiary/aromatic N) is 3. The molecule has 0 radical (unpaired) electrons. The number of fused-ring (bicyclic) bond motifs is 2. The lowest BCUT2D eigenvalue weighted by atomic mass is 9.98. The highest BCUT2D eigenvalue weighted by molar-refractivity contribution is 7.15. The Kier molecular flexibility index (Phi) is 4.01. The Bertz CT molecular complexity index is 1370. The minimum Gasteiger partial charge on any atom is -0.450 e. The fourth-order valence-corrected chi connectivity index (χ4v) is 4.40. The van der Waals surface area contributed by atoms with Crippen molar-refractivity contribution in [2.24, 2.45) is 0 Å². The van der Waals surface area contributed by atoms with Crippen LogP contribution in [0.1, 0.15) is 32.7 Å². The Balaban J connectivity index is 1.84. The molecule has 9 heteroatoms. The number of carbonyl (C=O) groups excluding carboxylic acids is 1. The van der Waals surface area contributed by atoms with Crippen LogP contribution in [0.4, 0.5) is 9.52 Å². The Labute approximate surface area is 172 Å². The van der Waals surface area contributed by atoms with Crippen LogP contribution in [0.3, 0.4) is 0 Å². The summed E-state index contributed by atoms with van der Waals surface area (Å²) in [5.74, 6) is -1.10. The number of amides is 1. The second-order valence-corrected chi connectivity index (χ2v) is 8.15. The van der Waals surface area contributed by atoms with Gasteiger partial charge in [0.1, 0.15) is 16.4 Å². The summed E-state index contributed by atoms with van der Waals surface area (Å²) in [4.78, 5) is 27.9. The predicted octanol–water partition coefficient (Wildman–Crippen LogP) is 4.50. The van der Waals surface area contributed by atoms with E-state index >= 15 is 0 Å². The van der Waals surface area contributed by atoms with Crippen molar-refractivity contribution in [1.29, 1.82) is 0 Å². The summed E-state index contributed by atoms with van der Waals surface area (Å²) in [6, 6.07) is 9.48. The first kappa shape index (κ1) is 18.0. The van der Waals surface area contributed by atoms with Crippen molar-refractivity contribution < 1.29 is 13.6 Å². The van der Waals surface area contributed by atoms with Crippen LogP contribution in [-0.4, -0.2) is 16.1 Å². The third kappa shape index (κ3) is 2.75. The molecule has 0 saturated carbocycles. The topological polar surface area (TPSA) is 76.3 Å². The van der Waals surface area contributed by atoms with Crippen LogP contribution in [0.2, 0.25) is 5.02 Å². The molecule has 1 atom stereocenters. The number of halogens is 2. The van der Waals surface area contributed by atoms with Gasteiger partial charge in [-0.15, -0.1) is 10.2 Å². The van der Waals surface area contributed by atoms with Gasteiger partial charge in [0.05, 0.1) is 17.0 Å². The van der Waals surface area contributed by atoms with E-state index in [1.165, 1.54) is 40.5 Å². The van der Waals surface area contributed by atoms with E-state index in [2.05, 4.69) is 10.2 Å². The van der Waals surface area contributed by atoms with E-state index in [1.54, 1.807) is 25.1 Å². The fraction of sp³-hybridized carbons (Fsp3) is 0.100. The standard InChI is InChI=1S/C20H11ClFN3O3S/c1-9-23-24-20(29-9)25-16(10-3-2-4-12(22)7-10)15-17(26)13-8-11(21)5-6-14(13)28-18(15)19(25)27/h2-8,16H,1H3/t16-/m0/s1. The first-order valence-corrected chi connectivity index (χ1v) is 9.79. The maximum atomic E-state index is 14.0. The minimum absolute atomic E-state index is 0.0908. The molecule has 0 N–H and O–H groups in total. The second kappa shape index (κ2) is 6.47. The molecule has 3 heterocycles. The number of carbonyl (C=O) groups is 1. The molecule has 0 saturated heterocycles. The van der Waals surface area contributed by atoms with E-state index in [4.69, 9.17) is 16.0 Å². The van der Waals surface area contributed by atoms with Crippen molar-refractivity contribution in [1.82, 2.24) is 10.2 Å². The quantitative estimate of drug-likeness (QED) is 0.471. The lowest BCUT2D eigenvalue weighted by Gasteiger charge is -2.22. The molecule has 0 spiro atoms. The van der Waals surface area contributed by atoms with Crippen molar-refractivity contribution >= 4 is 44.9 Å². The van der Waals surface area contributed by atoms with Crippen molar-refractivity contribution in [2.45, 2.75) is 13.0 Å². The van der Waals surface area contributed by atoms with E-state index < -0.39 is 23.2 Å². The summed E-state index contributed by atoms with van der Waals surface area (Å²) in [7, 11) is 0. The average Bonchev–Trinajstić information content (AvgIpc) is 3.24. The first-order valence-electron chi connectivity index (χ1n) is 8.59. The molecule has 144 valence electrons.